The molecule has 3 aliphatic heterocycles. The summed E-state index contributed by atoms with van der Waals surface area (Å²) in [5.74, 6) is 0.822. The van der Waals surface area contributed by atoms with Crippen LogP contribution in [0.1, 0.15) is 67.8 Å². The lowest BCUT2D eigenvalue weighted by atomic mass is 9.95. The molecule has 222 valence electrons. The molecule has 6 rings (SSSR count). The molecule has 1 aromatic heterocycles. The Hall–Kier alpha value is -3.72. The zero-order valence-electron chi connectivity index (χ0n) is 24.9. The summed E-state index contributed by atoms with van der Waals surface area (Å²) in [6.45, 7) is 8.53. The molecule has 3 aliphatic rings. The minimum atomic E-state index is -0.355. The molecule has 0 unspecified atom stereocenters. The third-order valence-corrected chi connectivity index (χ3v) is 9.36. The van der Waals surface area contributed by atoms with Crippen LogP contribution >= 0.6 is 0 Å². The lowest BCUT2D eigenvalue weighted by Gasteiger charge is -2.41. The Morgan fingerprint density at radius 2 is 1.79 bits per heavy atom. The molecule has 8 nitrogen and oxygen atoms in total. The number of imidazole rings is 1. The molecule has 2 bridgehead atoms. The smallest absolute Gasteiger partial charge is 0.326 e. The highest BCUT2D eigenvalue weighted by atomic mass is 19.1. The Kier molecular flexibility index (Phi) is 8.03. The molecular formula is C33H41FN6O2. The Morgan fingerprint density at radius 1 is 1.05 bits per heavy atom. The number of rotatable bonds is 7. The highest BCUT2D eigenvalue weighted by Gasteiger charge is 2.42. The van der Waals surface area contributed by atoms with Gasteiger partial charge in [-0.2, -0.15) is 0 Å². The summed E-state index contributed by atoms with van der Waals surface area (Å²) < 4.78 is 16.6. The predicted molar refractivity (Wildman–Crippen MR) is 162 cm³/mol. The van der Waals surface area contributed by atoms with Crippen LogP contribution in [0, 0.1) is 19.7 Å². The van der Waals surface area contributed by atoms with E-state index < -0.39 is 0 Å². The first-order chi connectivity index (χ1) is 20.3. The van der Waals surface area contributed by atoms with Crippen molar-refractivity contribution in [3.63, 3.8) is 0 Å². The number of fused-ring (bicyclic) bond motifs is 3. The molecule has 4 heterocycles. The summed E-state index contributed by atoms with van der Waals surface area (Å²) in [6, 6.07) is 15.2. The van der Waals surface area contributed by atoms with Gasteiger partial charge in [0, 0.05) is 68.2 Å². The number of benzene rings is 2. The van der Waals surface area contributed by atoms with Gasteiger partial charge in [-0.25, -0.2) is 14.2 Å². The molecule has 2 aromatic carbocycles. The second-order valence-corrected chi connectivity index (χ2v) is 12.1. The molecule has 2 saturated heterocycles. The van der Waals surface area contributed by atoms with Gasteiger partial charge in [-0.15, -0.1) is 0 Å². The predicted octanol–water partition coefficient (Wildman–Crippen LogP) is 5.84. The number of hydrogen-bond donors (Lipinski definition) is 1. The van der Waals surface area contributed by atoms with Crippen molar-refractivity contribution in [3.05, 3.63) is 77.1 Å². The van der Waals surface area contributed by atoms with Crippen molar-refractivity contribution in [2.75, 3.05) is 29.9 Å². The number of hydrogen-bond acceptors (Lipinski definition) is 4. The molecule has 42 heavy (non-hydrogen) atoms. The van der Waals surface area contributed by atoms with E-state index in [9.17, 15) is 14.0 Å². The number of nitrogens with zero attached hydrogens (tertiary/aromatic N) is 5. The summed E-state index contributed by atoms with van der Waals surface area (Å²) in [4.78, 5) is 36.4. The molecule has 0 radical (unpaired) electrons. The number of carbonyl (C=O) groups is 2. The molecule has 0 aliphatic carbocycles. The number of anilines is 2. The third kappa shape index (κ3) is 5.79. The minimum absolute atomic E-state index is 0.114. The quantitative estimate of drug-likeness (QED) is 0.386. The van der Waals surface area contributed by atoms with Crippen LogP contribution in [0.2, 0.25) is 0 Å². The van der Waals surface area contributed by atoms with Crippen LogP contribution in [0.4, 0.5) is 20.6 Å². The van der Waals surface area contributed by atoms with Crippen molar-refractivity contribution in [1.82, 2.24) is 19.4 Å². The minimum Gasteiger partial charge on any atom is -0.337 e. The van der Waals surface area contributed by atoms with Crippen molar-refractivity contribution in [2.24, 2.45) is 0 Å². The van der Waals surface area contributed by atoms with E-state index in [1.165, 1.54) is 30.7 Å². The Balaban J connectivity index is 1.11. The number of piperidine rings is 1. The number of carbonyl (C=O) groups excluding carboxylic acids is 2. The number of halogens is 1. The Bertz CT molecular complexity index is 1440. The lowest BCUT2D eigenvalue weighted by Crippen LogP contribution is -2.45. The molecule has 0 spiro atoms. The normalized spacial score (nSPS) is 21.7. The molecule has 2 fully saturated rings. The van der Waals surface area contributed by atoms with Crippen LogP contribution in [-0.4, -0.2) is 63.0 Å². The first-order valence-electron chi connectivity index (χ1n) is 15.3. The van der Waals surface area contributed by atoms with Crippen LogP contribution in [0.5, 0.6) is 0 Å². The number of urea groups is 1. The van der Waals surface area contributed by atoms with Gasteiger partial charge < -0.3 is 14.8 Å². The SMILES string of the molecule is CC(=O)N1CCc2c(nc(C)n2C2C[C@H]3CC[C@H](C2)N3CCCN(C(=O)Nc2ccc(C)cc2)c2cccc(F)c2)C1. The zero-order valence-corrected chi connectivity index (χ0v) is 24.9. The maximum Gasteiger partial charge on any atom is 0.326 e. The van der Waals surface area contributed by atoms with Crippen LogP contribution < -0.4 is 10.2 Å². The maximum atomic E-state index is 14.1. The molecule has 3 aromatic rings. The first kappa shape index (κ1) is 28.4. The van der Waals surface area contributed by atoms with Crippen molar-refractivity contribution in [2.45, 2.75) is 84.0 Å². The van der Waals surface area contributed by atoms with Gasteiger partial charge in [0.25, 0.3) is 0 Å². The van der Waals surface area contributed by atoms with Gasteiger partial charge in [0.2, 0.25) is 5.91 Å². The second kappa shape index (κ2) is 11.9. The Morgan fingerprint density at radius 3 is 2.48 bits per heavy atom. The summed E-state index contributed by atoms with van der Waals surface area (Å²) in [6.07, 6.45) is 6.24. The van der Waals surface area contributed by atoms with Crippen LogP contribution in [0.15, 0.2) is 48.5 Å². The second-order valence-electron chi connectivity index (χ2n) is 12.1. The van der Waals surface area contributed by atoms with Crippen molar-refractivity contribution in [1.29, 1.82) is 0 Å². The molecule has 2 atom stereocenters. The van der Waals surface area contributed by atoms with Gasteiger partial charge in [0.1, 0.15) is 11.6 Å². The number of aryl methyl sites for hydroxylation is 2. The average Bonchev–Trinajstić information content (AvgIpc) is 3.41. The van der Waals surface area contributed by atoms with Gasteiger partial charge in [-0.3, -0.25) is 14.6 Å². The average molecular weight is 573 g/mol. The van der Waals surface area contributed by atoms with Gasteiger partial charge in [0.15, 0.2) is 0 Å². The fraction of sp³-hybridized carbons (Fsp3) is 0.485. The van der Waals surface area contributed by atoms with Gasteiger partial charge >= 0.3 is 6.03 Å². The van der Waals surface area contributed by atoms with E-state index in [2.05, 4.69) is 21.7 Å². The van der Waals surface area contributed by atoms with E-state index >= 15 is 0 Å². The summed E-state index contributed by atoms with van der Waals surface area (Å²) in [5, 5.41) is 2.99. The number of aromatic nitrogens is 2. The van der Waals surface area contributed by atoms with E-state index in [1.54, 1.807) is 24.0 Å². The van der Waals surface area contributed by atoms with E-state index in [0.29, 0.717) is 36.9 Å². The molecule has 1 N–H and O–H groups in total. The van der Waals surface area contributed by atoms with Gasteiger partial charge in [-0.05, 0) is 76.3 Å². The lowest BCUT2D eigenvalue weighted by molar-refractivity contribution is -0.129. The Labute approximate surface area is 247 Å². The van der Waals surface area contributed by atoms with Gasteiger partial charge in [0.05, 0.1) is 12.2 Å². The third-order valence-electron chi connectivity index (χ3n) is 9.36. The molecule has 0 saturated carbocycles. The standard InChI is InChI=1S/C33H41FN6O2/c1-22-8-10-26(11-9-22)36-33(42)39(27-7-4-6-25(34)18-27)16-5-15-38-28-12-13-29(38)20-30(19-28)40-23(2)35-31-21-37(24(3)41)17-14-32(31)40/h4,6-11,18,28-30H,5,12-17,19-21H2,1-3H3,(H,36,42)/t28-,29-/m1/s1. The number of amides is 3. The largest absolute Gasteiger partial charge is 0.337 e. The highest BCUT2D eigenvalue weighted by Crippen LogP contribution is 2.42. The molecule has 9 heteroatoms. The zero-order chi connectivity index (χ0) is 29.4. The monoisotopic (exact) mass is 572 g/mol. The van der Waals surface area contributed by atoms with Crippen molar-refractivity contribution >= 4 is 23.3 Å². The van der Waals surface area contributed by atoms with Gasteiger partial charge in [-0.1, -0.05) is 23.8 Å². The summed E-state index contributed by atoms with van der Waals surface area (Å²) in [5.41, 5.74) is 4.78. The van der Waals surface area contributed by atoms with Crippen molar-refractivity contribution in [3.8, 4) is 0 Å². The van der Waals surface area contributed by atoms with E-state index in [-0.39, 0.29) is 17.8 Å². The van der Waals surface area contributed by atoms with Crippen LogP contribution in [-0.2, 0) is 17.8 Å². The number of nitrogens with one attached hydrogen (secondary N) is 1. The van der Waals surface area contributed by atoms with Crippen LogP contribution in [0.25, 0.3) is 0 Å². The molecule has 3 amide bonds. The topological polar surface area (TPSA) is 73.7 Å². The highest BCUT2D eigenvalue weighted by molar-refractivity contribution is 6.01. The summed E-state index contributed by atoms with van der Waals surface area (Å²) >= 11 is 0. The van der Waals surface area contributed by atoms with Crippen molar-refractivity contribution < 1.29 is 14.0 Å². The fourth-order valence-electron chi connectivity index (χ4n) is 7.35. The summed E-state index contributed by atoms with van der Waals surface area (Å²) in [7, 11) is 0. The maximum absolute atomic E-state index is 14.1. The van der Waals surface area contributed by atoms with E-state index in [1.807, 2.05) is 36.1 Å². The fourth-order valence-corrected chi connectivity index (χ4v) is 7.35. The van der Waals surface area contributed by atoms with E-state index in [4.69, 9.17) is 4.98 Å². The first-order valence-corrected chi connectivity index (χ1v) is 15.3. The van der Waals surface area contributed by atoms with E-state index in [0.717, 1.165) is 61.5 Å². The molecular weight excluding hydrogens is 531 g/mol. The van der Waals surface area contributed by atoms with Crippen LogP contribution in [0.3, 0.4) is 0 Å².